The molecule has 2 N–H and O–H groups in total. The third kappa shape index (κ3) is 6.44. The van der Waals surface area contributed by atoms with E-state index in [2.05, 4.69) is 15.6 Å². The zero-order valence-electron chi connectivity index (χ0n) is 12.7. The zero-order chi connectivity index (χ0) is 14.9. The van der Waals surface area contributed by atoms with Crippen LogP contribution in [0.3, 0.4) is 0 Å². The Bertz CT molecular complexity index is 430. The molecular weight excluding hydrogens is 286 g/mol. The van der Waals surface area contributed by atoms with Gasteiger partial charge in [-0.05, 0) is 26.2 Å². The number of carbonyl (C=O) groups excluding carboxylic acids is 1. The fourth-order valence-electron chi connectivity index (χ4n) is 2.47. The molecule has 1 aliphatic rings. The maximum Gasteiger partial charge on any atom is 0.315 e. The van der Waals surface area contributed by atoms with Crippen molar-refractivity contribution in [3.63, 3.8) is 0 Å². The van der Waals surface area contributed by atoms with E-state index in [0.717, 1.165) is 22.9 Å². The lowest BCUT2D eigenvalue weighted by Crippen LogP contribution is -2.35. The lowest BCUT2D eigenvalue weighted by molar-refractivity contribution is 0.0275. The second-order valence-corrected chi connectivity index (χ2v) is 6.76. The predicted molar refractivity (Wildman–Crippen MR) is 84.5 cm³/mol. The molecule has 6 heteroatoms. The van der Waals surface area contributed by atoms with E-state index in [0.29, 0.717) is 19.2 Å². The first-order chi connectivity index (χ1) is 10.2. The Kier molecular flexibility index (Phi) is 6.95. The van der Waals surface area contributed by atoms with Crippen molar-refractivity contribution in [2.24, 2.45) is 0 Å². The van der Waals surface area contributed by atoms with Gasteiger partial charge in [-0.3, -0.25) is 0 Å². The van der Waals surface area contributed by atoms with Crippen molar-refractivity contribution >= 4 is 17.4 Å². The Balaban J connectivity index is 1.47. The van der Waals surface area contributed by atoms with Crippen LogP contribution in [0.2, 0.25) is 0 Å². The van der Waals surface area contributed by atoms with Gasteiger partial charge in [-0.1, -0.05) is 19.3 Å². The van der Waals surface area contributed by atoms with Crippen molar-refractivity contribution in [3.05, 3.63) is 16.1 Å². The molecule has 2 rings (SSSR count). The third-order valence-corrected chi connectivity index (χ3v) is 4.52. The van der Waals surface area contributed by atoms with Gasteiger partial charge < -0.3 is 15.4 Å². The van der Waals surface area contributed by atoms with Gasteiger partial charge >= 0.3 is 6.03 Å². The van der Waals surface area contributed by atoms with Gasteiger partial charge in [-0.2, -0.15) is 0 Å². The minimum atomic E-state index is -0.126. The summed E-state index contributed by atoms with van der Waals surface area (Å²) in [6.45, 7) is 3.88. The van der Waals surface area contributed by atoms with Crippen LogP contribution in [0.4, 0.5) is 4.79 Å². The summed E-state index contributed by atoms with van der Waals surface area (Å²) in [5.41, 5.74) is 0. The molecule has 5 nitrogen and oxygen atoms in total. The molecule has 1 saturated carbocycles. The first kappa shape index (κ1) is 16.2. The molecule has 1 heterocycles. The second kappa shape index (κ2) is 9.00. The molecule has 1 aliphatic carbocycles. The average molecular weight is 311 g/mol. The summed E-state index contributed by atoms with van der Waals surface area (Å²) in [6.07, 6.45) is 9.44. The van der Waals surface area contributed by atoms with Crippen molar-refractivity contribution in [3.8, 4) is 0 Å². The highest BCUT2D eigenvalue weighted by molar-refractivity contribution is 7.11. The van der Waals surface area contributed by atoms with Gasteiger partial charge in [0.2, 0.25) is 0 Å². The molecular formula is C15H25N3O2S. The van der Waals surface area contributed by atoms with Gasteiger partial charge in [0.05, 0.1) is 17.7 Å². The van der Waals surface area contributed by atoms with Crippen molar-refractivity contribution in [1.82, 2.24) is 15.6 Å². The highest BCUT2D eigenvalue weighted by Crippen LogP contribution is 2.20. The van der Waals surface area contributed by atoms with Crippen LogP contribution in [0, 0.1) is 6.92 Å². The van der Waals surface area contributed by atoms with E-state index in [-0.39, 0.29) is 6.03 Å². The number of nitrogens with zero attached hydrogens (tertiary/aromatic N) is 1. The Morgan fingerprint density at radius 1 is 1.38 bits per heavy atom. The number of aromatic nitrogens is 1. The van der Waals surface area contributed by atoms with Gasteiger partial charge in [0, 0.05) is 24.2 Å². The molecule has 0 unspecified atom stereocenters. The van der Waals surface area contributed by atoms with E-state index in [4.69, 9.17) is 4.74 Å². The number of hydrogen-bond donors (Lipinski definition) is 2. The average Bonchev–Trinajstić information content (AvgIpc) is 2.91. The van der Waals surface area contributed by atoms with E-state index in [1.807, 2.05) is 6.92 Å². The number of hydrogen-bond acceptors (Lipinski definition) is 4. The second-order valence-electron chi connectivity index (χ2n) is 5.44. The van der Waals surface area contributed by atoms with Crippen molar-refractivity contribution in [2.45, 2.75) is 58.1 Å². The maximum atomic E-state index is 11.6. The van der Waals surface area contributed by atoms with Crippen molar-refractivity contribution in [1.29, 1.82) is 0 Å². The smallest absolute Gasteiger partial charge is 0.315 e. The zero-order valence-corrected chi connectivity index (χ0v) is 13.5. The van der Waals surface area contributed by atoms with Crippen LogP contribution in [0.5, 0.6) is 0 Å². The number of rotatable bonds is 7. The molecule has 0 radical (unpaired) electrons. The summed E-state index contributed by atoms with van der Waals surface area (Å²) in [5.74, 6) is 0. The standard InChI is InChI=1S/C15H25N3O2S/c1-12-17-10-14(21-12)11-18-15(19)16-8-5-9-20-13-6-3-2-4-7-13/h10,13H,2-9,11H2,1H3,(H2,16,18,19). The highest BCUT2D eigenvalue weighted by Gasteiger charge is 2.13. The van der Waals surface area contributed by atoms with E-state index >= 15 is 0 Å². The van der Waals surface area contributed by atoms with Crippen LogP contribution >= 0.6 is 11.3 Å². The van der Waals surface area contributed by atoms with E-state index < -0.39 is 0 Å². The molecule has 1 aromatic heterocycles. The van der Waals surface area contributed by atoms with Crippen molar-refractivity contribution < 1.29 is 9.53 Å². The molecule has 0 saturated heterocycles. The van der Waals surface area contributed by atoms with E-state index in [1.165, 1.54) is 32.1 Å². The van der Waals surface area contributed by atoms with E-state index in [1.54, 1.807) is 17.5 Å². The monoisotopic (exact) mass is 311 g/mol. The minimum absolute atomic E-state index is 0.126. The molecule has 118 valence electrons. The fraction of sp³-hybridized carbons (Fsp3) is 0.733. The van der Waals surface area contributed by atoms with Gasteiger partial charge in [-0.25, -0.2) is 9.78 Å². The molecule has 1 fully saturated rings. The van der Waals surface area contributed by atoms with Gasteiger partial charge in [-0.15, -0.1) is 11.3 Å². The summed E-state index contributed by atoms with van der Waals surface area (Å²) < 4.78 is 5.82. The van der Waals surface area contributed by atoms with Crippen LogP contribution in [0.25, 0.3) is 0 Å². The number of amides is 2. The molecule has 21 heavy (non-hydrogen) atoms. The first-order valence-electron chi connectivity index (χ1n) is 7.78. The van der Waals surface area contributed by atoms with Gasteiger partial charge in [0.15, 0.2) is 0 Å². The first-order valence-corrected chi connectivity index (χ1v) is 8.60. The summed E-state index contributed by atoms with van der Waals surface area (Å²) in [7, 11) is 0. The number of thiazole rings is 1. The van der Waals surface area contributed by atoms with E-state index in [9.17, 15) is 4.79 Å². The number of carbonyl (C=O) groups is 1. The number of ether oxygens (including phenoxy) is 1. The van der Waals surface area contributed by atoms with Gasteiger partial charge in [0.25, 0.3) is 0 Å². The molecule has 0 bridgehead atoms. The van der Waals surface area contributed by atoms with Gasteiger partial charge in [0.1, 0.15) is 0 Å². The summed E-state index contributed by atoms with van der Waals surface area (Å²) in [5, 5.41) is 6.70. The number of nitrogens with one attached hydrogen (secondary N) is 2. The normalized spacial score (nSPS) is 15.9. The molecule has 1 aromatic rings. The van der Waals surface area contributed by atoms with Crippen LogP contribution < -0.4 is 10.6 Å². The Morgan fingerprint density at radius 2 is 2.19 bits per heavy atom. The summed E-state index contributed by atoms with van der Waals surface area (Å²) in [4.78, 5) is 16.8. The third-order valence-electron chi connectivity index (χ3n) is 3.60. The molecule has 0 aliphatic heterocycles. The predicted octanol–water partition coefficient (Wildman–Crippen LogP) is 2.99. The molecule has 0 spiro atoms. The van der Waals surface area contributed by atoms with Crippen LogP contribution in [-0.4, -0.2) is 30.3 Å². The Hall–Kier alpha value is -1.14. The molecule has 0 aromatic carbocycles. The van der Waals surface area contributed by atoms with Crippen LogP contribution in [-0.2, 0) is 11.3 Å². The number of urea groups is 1. The topological polar surface area (TPSA) is 63.2 Å². The largest absolute Gasteiger partial charge is 0.378 e. The maximum absolute atomic E-state index is 11.6. The summed E-state index contributed by atoms with van der Waals surface area (Å²) >= 11 is 1.60. The Morgan fingerprint density at radius 3 is 2.90 bits per heavy atom. The lowest BCUT2D eigenvalue weighted by Gasteiger charge is -2.21. The number of aryl methyl sites for hydroxylation is 1. The molecule has 0 atom stereocenters. The highest BCUT2D eigenvalue weighted by atomic mass is 32.1. The SMILES string of the molecule is Cc1ncc(CNC(=O)NCCCOC2CCCCC2)s1. The molecule has 2 amide bonds. The minimum Gasteiger partial charge on any atom is -0.378 e. The lowest BCUT2D eigenvalue weighted by atomic mass is 9.98. The Labute approximate surface area is 130 Å². The van der Waals surface area contributed by atoms with Crippen LogP contribution in [0.15, 0.2) is 6.20 Å². The quantitative estimate of drug-likeness (QED) is 0.761. The fourth-order valence-corrected chi connectivity index (χ4v) is 3.21. The van der Waals surface area contributed by atoms with Crippen LogP contribution in [0.1, 0.15) is 48.4 Å². The summed E-state index contributed by atoms with van der Waals surface area (Å²) in [6, 6.07) is -0.126. The van der Waals surface area contributed by atoms with Crippen molar-refractivity contribution in [2.75, 3.05) is 13.2 Å².